The van der Waals surface area contributed by atoms with Gasteiger partial charge in [0.1, 0.15) is 0 Å². The molecule has 5 N–H and O–H groups in total. The van der Waals surface area contributed by atoms with E-state index in [0.29, 0.717) is 24.6 Å². The first kappa shape index (κ1) is 20.9. The lowest BCUT2D eigenvalue weighted by molar-refractivity contribution is -0.130. The molecule has 1 aliphatic rings. The van der Waals surface area contributed by atoms with Gasteiger partial charge >= 0.3 is 0 Å². The average molecular weight is 395 g/mol. The molecule has 2 aromatic rings. The molecule has 6 heteroatoms. The maximum Gasteiger partial charge on any atom is 0.250 e. The number of primary amides is 1. The molecule has 0 aliphatic carbocycles. The van der Waals surface area contributed by atoms with E-state index in [1.54, 1.807) is 4.90 Å². The zero-order chi connectivity index (χ0) is 21.0. The van der Waals surface area contributed by atoms with Gasteiger partial charge < -0.3 is 21.7 Å². The van der Waals surface area contributed by atoms with Crippen molar-refractivity contribution in [3.8, 4) is 11.1 Å². The number of hydrogen-bond donors (Lipinski definition) is 3. The fraction of sp³-hybridized carbons (Fsp3) is 0.391. The highest BCUT2D eigenvalue weighted by Crippen LogP contribution is 2.28. The molecule has 2 aromatic carbocycles. The number of nitrogens with zero attached hydrogens (tertiary/aromatic N) is 1. The lowest BCUT2D eigenvalue weighted by Gasteiger charge is -2.33. The van der Waals surface area contributed by atoms with E-state index in [0.717, 1.165) is 29.7 Å². The van der Waals surface area contributed by atoms with Crippen LogP contribution in [0.3, 0.4) is 0 Å². The van der Waals surface area contributed by atoms with Gasteiger partial charge in [0.05, 0.1) is 12.1 Å². The number of nitrogens with two attached hydrogens (primary N) is 2. The number of carbonyl (C=O) groups is 2. The second-order valence-corrected chi connectivity index (χ2v) is 7.90. The van der Waals surface area contributed by atoms with Crippen molar-refractivity contribution in [2.24, 2.45) is 11.5 Å². The molecule has 0 bridgehead atoms. The molecule has 29 heavy (non-hydrogen) atoms. The Morgan fingerprint density at radius 2 is 1.69 bits per heavy atom. The molecule has 6 nitrogen and oxygen atoms in total. The number of anilines is 1. The minimum Gasteiger partial charge on any atom is -0.382 e. The molecule has 154 valence electrons. The Morgan fingerprint density at radius 1 is 1.07 bits per heavy atom. The summed E-state index contributed by atoms with van der Waals surface area (Å²) in [6, 6.07) is 14.3. The van der Waals surface area contributed by atoms with E-state index in [-0.39, 0.29) is 18.5 Å². The maximum absolute atomic E-state index is 12.1. The molecule has 1 saturated heterocycles. The molecule has 1 heterocycles. The van der Waals surface area contributed by atoms with Gasteiger partial charge in [0.15, 0.2) is 0 Å². The molecule has 3 rings (SSSR count). The van der Waals surface area contributed by atoms with E-state index < -0.39 is 5.91 Å². The van der Waals surface area contributed by atoms with Crippen molar-refractivity contribution in [2.75, 3.05) is 25.0 Å². The predicted octanol–water partition coefficient (Wildman–Crippen LogP) is 2.94. The number of nitrogens with one attached hydrogen (secondary N) is 1. The Morgan fingerprint density at radius 3 is 2.24 bits per heavy atom. The SMILES string of the molecule is CC(C)c1ccc(-c2ccc(NC3CCN(C(=O)CN)CC3)c(C(N)=O)c2)cc1. The summed E-state index contributed by atoms with van der Waals surface area (Å²) in [7, 11) is 0. The van der Waals surface area contributed by atoms with E-state index in [2.05, 4.69) is 43.4 Å². The molecule has 1 aliphatic heterocycles. The molecular formula is C23H30N4O2. The van der Waals surface area contributed by atoms with Crippen LogP contribution in [0, 0.1) is 0 Å². The standard InChI is InChI=1S/C23H30N4O2/c1-15(2)16-3-5-17(6-4-16)18-7-8-21(20(13-18)23(25)29)26-19-9-11-27(12-10-19)22(28)14-24/h3-8,13,15,19,26H,9-12,14,24H2,1-2H3,(H2,25,29). The van der Waals surface area contributed by atoms with Gasteiger partial charge in [-0.15, -0.1) is 0 Å². The minimum atomic E-state index is -0.455. The van der Waals surface area contributed by atoms with Gasteiger partial charge in [0, 0.05) is 24.8 Å². The van der Waals surface area contributed by atoms with Crippen LogP contribution in [0.15, 0.2) is 42.5 Å². The molecule has 1 fully saturated rings. The highest BCUT2D eigenvalue weighted by molar-refractivity contribution is 6.00. The highest BCUT2D eigenvalue weighted by Gasteiger charge is 2.23. The summed E-state index contributed by atoms with van der Waals surface area (Å²) in [5.74, 6) is 0.00128. The van der Waals surface area contributed by atoms with E-state index in [4.69, 9.17) is 11.5 Å². The van der Waals surface area contributed by atoms with Crippen LogP contribution in [0.25, 0.3) is 11.1 Å². The fourth-order valence-electron chi connectivity index (χ4n) is 3.74. The molecule has 0 spiro atoms. The smallest absolute Gasteiger partial charge is 0.250 e. The van der Waals surface area contributed by atoms with Crippen molar-refractivity contribution in [2.45, 2.75) is 38.6 Å². The first-order chi connectivity index (χ1) is 13.9. The van der Waals surface area contributed by atoms with Gasteiger partial charge in [-0.25, -0.2) is 0 Å². The van der Waals surface area contributed by atoms with Crippen molar-refractivity contribution >= 4 is 17.5 Å². The highest BCUT2D eigenvalue weighted by atomic mass is 16.2. The van der Waals surface area contributed by atoms with Gasteiger partial charge in [0.2, 0.25) is 5.91 Å². The Labute approximate surface area is 172 Å². The normalized spacial score (nSPS) is 14.8. The number of carbonyl (C=O) groups excluding carboxylic acids is 2. The number of amides is 2. The first-order valence-electron chi connectivity index (χ1n) is 10.2. The van der Waals surface area contributed by atoms with Crippen LogP contribution in [-0.4, -0.2) is 42.4 Å². The van der Waals surface area contributed by atoms with Crippen LogP contribution >= 0.6 is 0 Å². The Kier molecular flexibility index (Phi) is 6.54. The van der Waals surface area contributed by atoms with Gasteiger partial charge in [-0.05, 0) is 47.6 Å². The number of likely N-dealkylation sites (tertiary alicyclic amines) is 1. The van der Waals surface area contributed by atoms with Gasteiger partial charge in [-0.2, -0.15) is 0 Å². The van der Waals surface area contributed by atoms with Crippen LogP contribution in [-0.2, 0) is 4.79 Å². The average Bonchev–Trinajstić information content (AvgIpc) is 2.74. The largest absolute Gasteiger partial charge is 0.382 e. The van der Waals surface area contributed by atoms with Crippen LogP contribution in [0.1, 0.15) is 48.5 Å². The monoisotopic (exact) mass is 394 g/mol. The molecule has 0 saturated carbocycles. The zero-order valence-corrected chi connectivity index (χ0v) is 17.2. The van der Waals surface area contributed by atoms with Crippen molar-refractivity contribution in [1.29, 1.82) is 0 Å². The third-order valence-electron chi connectivity index (χ3n) is 5.58. The number of hydrogen-bond acceptors (Lipinski definition) is 4. The third kappa shape index (κ3) is 4.95. The van der Waals surface area contributed by atoms with Gasteiger partial charge in [-0.1, -0.05) is 44.2 Å². The fourth-order valence-corrected chi connectivity index (χ4v) is 3.74. The topological polar surface area (TPSA) is 101 Å². The number of rotatable bonds is 6. The second kappa shape index (κ2) is 9.09. The molecule has 0 aromatic heterocycles. The van der Waals surface area contributed by atoms with Crippen LogP contribution in [0.4, 0.5) is 5.69 Å². The summed E-state index contributed by atoms with van der Waals surface area (Å²) >= 11 is 0. The lowest BCUT2D eigenvalue weighted by Crippen LogP contribution is -2.44. The van der Waals surface area contributed by atoms with E-state index in [1.807, 2.05) is 18.2 Å². The van der Waals surface area contributed by atoms with Gasteiger partial charge in [-0.3, -0.25) is 9.59 Å². The summed E-state index contributed by atoms with van der Waals surface area (Å²) in [5.41, 5.74) is 15.6. The van der Waals surface area contributed by atoms with E-state index in [9.17, 15) is 9.59 Å². The number of piperidine rings is 1. The molecule has 0 radical (unpaired) electrons. The third-order valence-corrected chi connectivity index (χ3v) is 5.58. The molecule has 0 atom stereocenters. The Hall–Kier alpha value is -2.86. The van der Waals surface area contributed by atoms with Crippen molar-refractivity contribution < 1.29 is 9.59 Å². The molecular weight excluding hydrogens is 364 g/mol. The zero-order valence-electron chi connectivity index (χ0n) is 17.2. The number of benzene rings is 2. The summed E-state index contributed by atoms with van der Waals surface area (Å²) in [4.78, 5) is 25.6. The lowest BCUT2D eigenvalue weighted by atomic mass is 9.96. The van der Waals surface area contributed by atoms with Crippen molar-refractivity contribution in [1.82, 2.24) is 4.90 Å². The van der Waals surface area contributed by atoms with Crippen LogP contribution in [0.5, 0.6) is 0 Å². The Balaban J connectivity index is 1.75. The van der Waals surface area contributed by atoms with Crippen molar-refractivity contribution in [3.63, 3.8) is 0 Å². The van der Waals surface area contributed by atoms with Crippen molar-refractivity contribution in [3.05, 3.63) is 53.6 Å². The second-order valence-electron chi connectivity index (χ2n) is 7.90. The summed E-state index contributed by atoms with van der Waals surface area (Å²) in [6.45, 7) is 5.71. The maximum atomic E-state index is 12.1. The van der Waals surface area contributed by atoms with E-state index >= 15 is 0 Å². The summed E-state index contributed by atoms with van der Waals surface area (Å²) in [6.07, 6.45) is 1.62. The molecule has 2 amide bonds. The molecule has 0 unspecified atom stereocenters. The van der Waals surface area contributed by atoms with Crippen LogP contribution in [0.2, 0.25) is 0 Å². The first-order valence-corrected chi connectivity index (χ1v) is 10.2. The quantitative estimate of drug-likeness (QED) is 0.701. The minimum absolute atomic E-state index is 0.0193. The summed E-state index contributed by atoms with van der Waals surface area (Å²) < 4.78 is 0. The Bertz CT molecular complexity index is 869. The van der Waals surface area contributed by atoms with Gasteiger partial charge in [0.25, 0.3) is 5.91 Å². The predicted molar refractivity (Wildman–Crippen MR) is 117 cm³/mol. The van der Waals surface area contributed by atoms with Crippen LogP contribution < -0.4 is 16.8 Å². The van der Waals surface area contributed by atoms with E-state index in [1.165, 1.54) is 5.56 Å². The summed E-state index contributed by atoms with van der Waals surface area (Å²) in [5, 5.41) is 3.44.